The van der Waals surface area contributed by atoms with E-state index < -0.39 is 0 Å². The van der Waals surface area contributed by atoms with Gasteiger partial charge >= 0.3 is 0 Å². The molecule has 17 heavy (non-hydrogen) atoms. The summed E-state index contributed by atoms with van der Waals surface area (Å²) in [7, 11) is 0. The van der Waals surface area contributed by atoms with Crippen LogP contribution in [0.5, 0.6) is 5.75 Å². The molecule has 90 valence electrons. The van der Waals surface area contributed by atoms with E-state index in [-0.39, 0.29) is 17.9 Å². The van der Waals surface area contributed by atoms with E-state index in [2.05, 4.69) is 12.2 Å². The van der Waals surface area contributed by atoms with Gasteiger partial charge in [-0.3, -0.25) is 4.79 Å². The molecule has 0 radical (unpaired) electrons. The zero-order chi connectivity index (χ0) is 11.8. The Hall–Kier alpha value is -1.51. The van der Waals surface area contributed by atoms with E-state index >= 15 is 0 Å². The number of carbonyl (C=O) groups excluding carboxylic acids is 1. The third-order valence-corrected chi connectivity index (χ3v) is 3.72. The Bertz CT molecular complexity index is 444. The van der Waals surface area contributed by atoms with Gasteiger partial charge in [-0.05, 0) is 18.4 Å². The number of hydrogen-bond donors (Lipinski definition) is 1. The highest BCUT2D eigenvalue weighted by molar-refractivity contribution is 5.82. The topological polar surface area (TPSA) is 38.3 Å². The fourth-order valence-electron chi connectivity index (χ4n) is 2.46. The second-order valence-electron chi connectivity index (χ2n) is 5.06. The second-order valence-corrected chi connectivity index (χ2v) is 5.06. The number of para-hydroxylation sites is 1. The predicted molar refractivity (Wildman–Crippen MR) is 64.7 cm³/mol. The molecule has 0 spiro atoms. The van der Waals surface area contributed by atoms with Gasteiger partial charge in [0.15, 0.2) is 0 Å². The van der Waals surface area contributed by atoms with Gasteiger partial charge in [0.25, 0.3) is 0 Å². The normalized spacial score (nSPS) is 30.1. The van der Waals surface area contributed by atoms with Crippen LogP contribution in [-0.4, -0.2) is 12.5 Å². The minimum atomic E-state index is 0.125. The first-order valence-corrected chi connectivity index (χ1v) is 6.28. The van der Waals surface area contributed by atoms with Gasteiger partial charge in [0.2, 0.25) is 5.91 Å². The SMILES string of the molecule is CC1CC1C(=O)NC1CCOc2ccccc21. The van der Waals surface area contributed by atoms with Crippen LogP contribution in [0.3, 0.4) is 0 Å². The number of ether oxygens (including phenoxy) is 1. The van der Waals surface area contributed by atoms with Gasteiger partial charge < -0.3 is 10.1 Å². The molecular formula is C14H17NO2. The molecule has 1 aromatic carbocycles. The standard InChI is InChI=1S/C14H17NO2/c1-9-8-11(9)14(16)15-12-6-7-17-13-5-3-2-4-10(12)13/h2-5,9,11-12H,6-8H2,1H3,(H,15,16). The highest BCUT2D eigenvalue weighted by Crippen LogP contribution is 2.39. The highest BCUT2D eigenvalue weighted by atomic mass is 16.5. The first-order valence-electron chi connectivity index (χ1n) is 6.28. The molecule has 1 amide bonds. The van der Waals surface area contributed by atoms with Crippen LogP contribution in [0, 0.1) is 11.8 Å². The van der Waals surface area contributed by atoms with Crippen molar-refractivity contribution >= 4 is 5.91 Å². The summed E-state index contributed by atoms with van der Waals surface area (Å²) in [6.07, 6.45) is 1.90. The van der Waals surface area contributed by atoms with Crippen LogP contribution in [0.25, 0.3) is 0 Å². The molecule has 3 rings (SSSR count). The van der Waals surface area contributed by atoms with E-state index in [1.165, 1.54) is 0 Å². The van der Waals surface area contributed by atoms with E-state index in [4.69, 9.17) is 4.74 Å². The average Bonchev–Trinajstić information content (AvgIpc) is 3.07. The van der Waals surface area contributed by atoms with E-state index in [1.54, 1.807) is 0 Å². The first-order chi connectivity index (χ1) is 8.25. The van der Waals surface area contributed by atoms with Crippen molar-refractivity contribution in [2.45, 2.75) is 25.8 Å². The average molecular weight is 231 g/mol. The zero-order valence-corrected chi connectivity index (χ0v) is 9.98. The number of nitrogens with one attached hydrogen (secondary N) is 1. The number of benzene rings is 1. The number of fused-ring (bicyclic) bond motifs is 1. The van der Waals surface area contributed by atoms with Crippen LogP contribution in [-0.2, 0) is 4.79 Å². The fourth-order valence-corrected chi connectivity index (χ4v) is 2.46. The summed E-state index contributed by atoms with van der Waals surface area (Å²) in [6.45, 7) is 2.81. The van der Waals surface area contributed by atoms with Crippen molar-refractivity contribution in [3.05, 3.63) is 29.8 Å². The van der Waals surface area contributed by atoms with Crippen molar-refractivity contribution in [3.8, 4) is 5.75 Å². The molecule has 0 aromatic heterocycles. The Morgan fingerprint density at radius 2 is 2.18 bits per heavy atom. The lowest BCUT2D eigenvalue weighted by molar-refractivity contribution is -0.123. The van der Waals surface area contributed by atoms with Crippen LogP contribution in [0.1, 0.15) is 31.4 Å². The molecule has 3 atom stereocenters. The Morgan fingerprint density at radius 3 is 2.94 bits per heavy atom. The van der Waals surface area contributed by atoms with E-state index in [0.717, 1.165) is 24.2 Å². The minimum Gasteiger partial charge on any atom is -0.493 e. The molecule has 1 N–H and O–H groups in total. The summed E-state index contributed by atoms with van der Waals surface area (Å²) >= 11 is 0. The summed E-state index contributed by atoms with van der Waals surface area (Å²) in [5.41, 5.74) is 1.11. The molecule has 1 saturated carbocycles. The number of rotatable bonds is 2. The maximum Gasteiger partial charge on any atom is 0.223 e. The fraction of sp³-hybridized carbons (Fsp3) is 0.500. The third-order valence-electron chi connectivity index (χ3n) is 3.72. The van der Waals surface area contributed by atoms with Crippen molar-refractivity contribution in [3.63, 3.8) is 0 Å². The predicted octanol–water partition coefficient (Wildman–Crippen LogP) is 2.28. The molecule has 3 nitrogen and oxygen atoms in total. The van der Waals surface area contributed by atoms with E-state index in [9.17, 15) is 4.79 Å². The van der Waals surface area contributed by atoms with Crippen molar-refractivity contribution in [2.24, 2.45) is 11.8 Å². The van der Waals surface area contributed by atoms with Crippen molar-refractivity contribution < 1.29 is 9.53 Å². The Kier molecular flexibility index (Phi) is 2.54. The molecule has 1 heterocycles. The molecule has 0 saturated heterocycles. The number of carbonyl (C=O) groups is 1. The molecule has 1 fully saturated rings. The molecular weight excluding hydrogens is 214 g/mol. The number of amides is 1. The largest absolute Gasteiger partial charge is 0.493 e. The van der Waals surface area contributed by atoms with Gasteiger partial charge in [0.1, 0.15) is 5.75 Å². The summed E-state index contributed by atoms with van der Waals surface area (Å²) in [6, 6.07) is 8.09. The van der Waals surface area contributed by atoms with E-state index in [1.807, 2.05) is 24.3 Å². The lowest BCUT2D eigenvalue weighted by Gasteiger charge is -2.26. The van der Waals surface area contributed by atoms with Crippen LogP contribution in [0.2, 0.25) is 0 Å². The summed E-state index contributed by atoms with van der Waals surface area (Å²) in [5, 5.41) is 3.15. The molecule has 2 aliphatic rings. The van der Waals surface area contributed by atoms with Gasteiger partial charge in [0, 0.05) is 17.9 Å². The Balaban J connectivity index is 1.74. The summed E-state index contributed by atoms with van der Waals surface area (Å²) in [5.74, 6) is 1.92. The lowest BCUT2D eigenvalue weighted by Crippen LogP contribution is -2.33. The first kappa shape index (κ1) is 10.6. The lowest BCUT2D eigenvalue weighted by atomic mass is 10.0. The number of hydrogen-bond acceptors (Lipinski definition) is 2. The zero-order valence-electron chi connectivity index (χ0n) is 9.98. The molecule has 1 aliphatic heterocycles. The monoisotopic (exact) mass is 231 g/mol. The quantitative estimate of drug-likeness (QED) is 0.848. The minimum absolute atomic E-state index is 0.125. The van der Waals surface area contributed by atoms with E-state index in [0.29, 0.717) is 12.5 Å². The van der Waals surface area contributed by atoms with Gasteiger partial charge in [-0.1, -0.05) is 25.1 Å². The highest BCUT2D eigenvalue weighted by Gasteiger charge is 2.40. The molecule has 1 aliphatic carbocycles. The van der Waals surface area contributed by atoms with Crippen LogP contribution in [0.15, 0.2) is 24.3 Å². The maximum atomic E-state index is 11.9. The van der Waals surface area contributed by atoms with Crippen molar-refractivity contribution in [1.29, 1.82) is 0 Å². The molecule has 1 aromatic rings. The Morgan fingerprint density at radius 1 is 1.41 bits per heavy atom. The van der Waals surface area contributed by atoms with Gasteiger partial charge in [-0.15, -0.1) is 0 Å². The molecule has 0 bridgehead atoms. The smallest absolute Gasteiger partial charge is 0.223 e. The van der Waals surface area contributed by atoms with Crippen molar-refractivity contribution in [1.82, 2.24) is 5.32 Å². The summed E-state index contributed by atoms with van der Waals surface area (Å²) in [4.78, 5) is 11.9. The maximum absolute atomic E-state index is 11.9. The Labute approximate surface area is 101 Å². The van der Waals surface area contributed by atoms with Crippen LogP contribution >= 0.6 is 0 Å². The third kappa shape index (κ3) is 2.02. The van der Waals surface area contributed by atoms with Crippen LogP contribution in [0.4, 0.5) is 0 Å². The molecule has 3 unspecified atom stereocenters. The molecule has 3 heteroatoms. The van der Waals surface area contributed by atoms with Crippen LogP contribution < -0.4 is 10.1 Å². The van der Waals surface area contributed by atoms with Gasteiger partial charge in [-0.2, -0.15) is 0 Å². The van der Waals surface area contributed by atoms with Crippen molar-refractivity contribution in [2.75, 3.05) is 6.61 Å². The van der Waals surface area contributed by atoms with Gasteiger partial charge in [0.05, 0.1) is 12.6 Å². The summed E-state index contributed by atoms with van der Waals surface area (Å²) < 4.78 is 5.58. The van der Waals surface area contributed by atoms with Gasteiger partial charge in [-0.25, -0.2) is 0 Å². The second kappa shape index (κ2) is 4.06.